The van der Waals surface area contributed by atoms with Gasteiger partial charge in [-0.05, 0) is 62.1 Å². The zero-order valence-corrected chi connectivity index (χ0v) is 16.6. The van der Waals surface area contributed by atoms with Crippen LogP contribution in [0.3, 0.4) is 0 Å². The normalized spacial score (nSPS) is 17.4. The minimum absolute atomic E-state index is 0.0249. The van der Waals surface area contributed by atoms with Gasteiger partial charge < -0.3 is 10.6 Å². The Hall–Kier alpha value is -1.60. The van der Waals surface area contributed by atoms with Gasteiger partial charge in [-0.15, -0.1) is 10.2 Å². The fourth-order valence-electron chi connectivity index (χ4n) is 3.25. The number of carbonyl (C=O) groups excluding carboxylic acids is 1. The monoisotopic (exact) mass is 388 g/mol. The number of hydrogen-bond acceptors (Lipinski definition) is 6. The van der Waals surface area contributed by atoms with Gasteiger partial charge >= 0.3 is 0 Å². The predicted molar refractivity (Wildman–Crippen MR) is 107 cm³/mol. The molecule has 0 spiro atoms. The number of aromatic nitrogens is 2. The van der Waals surface area contributed by atoms with Crippen LogP contribution in [0.25, 0.3) is 0 Å². The van der Waals surface area contributed by atoms with Gasteiger partial charge in [0.15, 0.2) is 4.34 Å². The summed E-state index contributed by atoms with van der Waals surface area (Å²) in [5.74, 6) is 0.403. The summed E-state index contributed by atoms with van der Waals surface area (Å²) in [4.78, 5) is 12.3. The first-order valence-electron chi connectivity index (χ1n) is 9.31. The number of hydrogen-bond donors (Lipinski definition) is 2. The van der Waals surface area contributed by atoms with Gasteiger partial charge in [0.05, 0.1) is 11.8 Å². The Balaban J connectivity index is 1.27. The molecule has 1 saturated carbocycles. The van der Waals surface area contributed by atoms with Gasteiger partial charge in [0, 0.05) is 6.04 Å². The fourth-order valence-corrected chi connectivity index (χ4v) is 4.89. The average Bonchev–Trinajstić information content (AvgIpc) is 3.35. The first-order chi connectivity index (χ1) is 12.7. The predicted octanol–water partition coefficient (Wildman–Crippen LogP) is 3.96. The van der Waals surface area contributed by atoms with Gasteiger partial charge in [-0.1, -0.05) is 41.3 Å². The molecule has 5 nitrogen and oxygen atoms in total. The van der Waals surface area contributed by atoms with Crippen LogP contribution in [-0.4, -0.2) is 27.9 Å². The van der Waals surface area contributed by atoms with Crippen LogP contribution in [0.5, 0.6) is 0 Å². The smallest absolute Gasteiger partial charge is 0.230 e. The highest BCUT2D eigenvalue weighted by Crippen LogP contribution is 2.30. The largest absolute Gasteiger partial charge is 0.357 e. The van der Waals surface area contributed by atoms with E-state index in [-0.39, 0.29) is 11.9 Å². The standard InChI is InChI=1S/C19H24N4OS2/c1-12(14-7-6-13-4-2-3-5-15(13)10-14)20-17(24)11-25-19-23-22-18(26-19)21-16-8-9-16/h6-7,10,12,16H,2-5,8-9,11H2,1H3,(H,20,24)(H,21,22)/t12-/m1/s1. The quantitative estimate of drug-likeness (QED) is 0.703. The second-order valence-electron chi connectivity index (χ2n) is 7.10. The summed E-state index contributed by atoms with van der Waals surface area (Å²) in [5, 5.41) is 15.6. The summed E-state index contributed by atoms with van der Waals surface area (Å²) in [6.45, 7) is 2.05. The fraction of sp³-hybridized carbons (Fsp3) is 0.526. The third-order valence-corrected chi connectivity index (χ3v) is 6.88. The molecule has 0 saturated heterocycles. The Kier molecular flexibility index (Phi) is 5.45. The van der Waals surface area contributed by atoms with E-state index in [1.807, 2.05) is 0 Å². The van der Waals surface area contributed by atoms with Crippen LogP contribution in [-0.2, 0) is 17.6 Å². The lowest BCUT2D eigenvalue weighted by molar-refractivity contribution is -0.119. The van der Waals surface area contributed by atoms with Gasteiger partial charge in [0.25, 0.3) is 0 Å². The minimum atomic E-state index is 0.0249. The van der Waals surface area contributed by atoms with Crippen molar-refractivity contribution in [2.24, 2.45) is 0 Å². The van der Waals surface area contributed by atoms with Crippen LogP contribution in [0.4, 0.5) is 5.13 Å². The molecule has 0 aliphatic heterocycles. The molecule has 1 amide bonds. The lowest BCUT2D eigenvalue weighted by Gasteiger charge is -2.20. The van der Waals surface area contributed by atoms with E-state index >= 15 is 0 Å². The van der Waals surface area contributed by atoms with Gasteiger partial charge in [-0.2, -0.15) is 0 Å². The molecule has 2 aliphatic rings. The highest BCUT2D eigenvalue weighted by Gasteiger charge is 2.22. The van der Waals surface area contributed by atoms with Crippen LogP contribution in [0.1, 0.15) is 55.3 Å². The molecule has 0 bridgehead atoms. The molecule has 138 valence electrons. The van der Waals surface area contributed by atoms with Gasteiger partial charge in [0.2, 0.25) is 11.0 Å². The highest BCUT2D eigenvalue weighted by molar-refractivity contribution is 8.01. The van der Waals surface area contributed by atoms with Crippen molar-refractivity contribution in [2.75, 3.05) is 11.1 Å². The van der Waals surface area contributed by atoms with E-state index in [1.165, 1.54) is 71.9 Å². The molecule has 0 radical (unpaired) electrons. The third kappa shape index (κ3) is 4.57. The highest BCUT2D eigenvalue weighted by atomic mass is 32.2. The molecule has 4 rings (SSSR count). The average molecular weight is 389 g/mol. The molecular formula is C19H24N4OS2. The molecule has 2 N–H and O–H groups in total. The summed E-state index contributed by atoms with van der Waals surface area (Å²) in [6, 6.07) is 7.26. The van der Waals surface area contributed by atoms with Crippen LogP contribution >= 0.6 is 23.1 Å². The number of aryl methyl sites for hydroxylation is 2. The SMILES string of the molecule is C[C@@H](NC(=O)CSc1nnc(NC2CC2)s1)c1ccc2c(c1)CCCC2. The second-order valence-corrected chi connectivity index (χ2v) is 9.30. The maximum Gasteiger partial charge on any atom is 0.230 e. The van der Waals surface area contributed by atoms with E-state index in [0.717, 1.165) is 15.9 Å². The summed E-state index contributed by atoms with van der Waals surface area (Å²) in [6.07, 6.45) is 7.34. The van der Waals surface area contributed by atoms with E-state index in [9.17, 15) is 4.79 Å². The van der Waals surface area contributed by atoms with Crippen LogP contribution < -0.4 is 10.6 Å². The second kappa shape index (κ2) is 7.96. The number of carbonyl (C=O) groups is 1. The van der Waals surface area contributed by atoms with Crippen molar-refractivity contribution >= 4 is 34.1 Å². The van der Waals surface area contributed by atoms with E-state index in [0.29, 0.717) is 11.8 Å². The maximum atomic E-state index is 12.3. The molecule has 7 heteroatoms. The van der Waals surface area contributed by atoms with E-state index in [2.05, 4.69) is 46.0 Å². The van der Waals surface area contributed by atoms with Gasteiger partial charge in [-0.25, -0.2) is 0 Å². The Bertz CT molecular complexity index is 788. The molecule has 1 fully saturated rings. The Morgan fingerprint density at radius 2 is 2.08 bits per heavy atom. The van der Waals surface area contributed by atoms with Crippen LogP contribution in [0.15, 0.2) is 22.5 Å². The van der Waals surface area contributed by atoms with Crippen molar-refractivity contribution < 1.29 is 4.79 Å². The van der Waals surface area contributed by atoms with E-state index in [1.54, 1.807) is 0 Å². The maximum absolute atomic E-state index is 12.3. The molecule has 2 aromatic rings. The molecule has 1 aromatic carbocycles. The summed E-state index contributed by atoms with van der Waals surface area (Å²) in [5.41, 5.74) is 4.12. The molecule has 1 aromatic heterocycles. The zero-order chi connectivity index (χ0) is 17.9. The number of anilines is 1. The summed E-state index contributed by atoms with van der Waals surface area (Å²) in [7, 11) is 0. The lowest BCUT2D eigenvalue weighted by atomic mass is 9.89. The Morgan fingerprint density at radius 3 is 2.88 bits per heavy atom. The molecule has 0 unspecified atom stereocenters. The topological polar surface area (TPSA) is 66.9 Å². The number of amides is 1. The number of nitrogens with one attached hydrogen (secondary N) is 2. The summed E-state index contributed by atoms with van der Waals surface area (Å²) >= 11 is 2.97. The lowest BCUT2D eigenvalue weighted by Crippen LogP contribution is -2.28. The van der Waals surface area contributed by atoms with Gasteiger partial charge in [0.1, 0.15) is 0 Å². The zero-order valence-electron chi connectivity index (χ0n) is 15.0. The molecule has 26 heavy (non-hydrogen) atoms. The van der Waals surface area contributed by atoms with Gasteiger partial charge in [-0.3, -0.25) is 4.79 Å². The number of fused-ring (bicyclic) bond motifs is 1. The van der Waals surface area contributed by atoms with Crippen molar-refractivity contribution in [3.63, 3.8) is 0 Å². The van der Waals surface area contributed by atoms with Crippen molar-refractivity contribution in [1.82, 2.24) is 15.5 Å². The molecule has 1 heterocycles. The molecular weight excluding hydrogens is 364 g/mol. The first kappa shape index (κ1) is 17.8. The van der Waals surface area contributed by atoms with E-state index < -0.39 is 0 Å². The van der Waals surface area contributed by atoms with Crippen molar-refractivity contribution in [2.45, 2.75) is 61.9 Å². The minimum Gasteiger partial charge on any atom is -0.357 e. The number of rotatable bonds is 7. The Labute approximate surface area is 162 Å². The van der Waals surface area contributed by atoms with Crippen molar-refractivity contribution in [3.05, 3.63) is 34.9 Å². The first-order valence-corrected chi connectivity index (χ1v) is 11.1. The van der Waals surface area contributed by atoms with Crippen molar-refractivity contribution in [3.8, 4) is 0 Å². The number of thioether (sulfide) groups is 1. The molecule has 2 aliphatic carbocycles. The van der Waals surface area contributed by atoms with E-state index in [4.69, 9.17) is 0 Å². The van der Waals surface area contributed by atoms with Crippen LogP contribution in [0, 0.1) is 0 Å². The molecule has 1 atom stereocenters. The summed E-state index contributed by atoms with van der Waals surface area (Å²) < 4.78 is 0.838. The van der Waals surface area contributed by atoms with Crippen molar-refractivity contribution in [1.29, 1.82) is 0 Å². The number of nitrogens with zero attached hydrogens (tertiary/aromatic N) is 2. The third-order valence-electron chi connectivity index (χ3n) is 4.89. The number of benzene rings is 1. The van der Waals surface area contributed by atoms with Crippen LogP contribution in [0.2, 0.25) is 0 Å². The Morgan fingerprint density at radius 1 is 1.27 bits per heavy atom.